The van der Waals surface area contributed by atoms with Crippen LogP contribution < -0.4 is 0 Å². The molecule has 0 saturated carbocycles. The van der Waals surface area contributed by atoms with Gasteiger partial charge < -0.3 is 14.9 Å². The van der Waals surface area contributed by atoms with Gasteiger partial charge in [0.05, 0.1) is 25.0 Å². The van der Waals surface area contributed by atoms with Crippen molar-refractivity contribution in [2.45, 2.75) is 13.5 Å². The Morgan fingerprint density at radius 1 is 1.79 bits per heavy atom. The molecule has 0 N–H and O–H groups in total. The predicted octanol–water partition coefficient (Wildman–Crippen LogP) is 0.598. The standard InChI is InChI=1S/C7H9N3O4/c1-3-9-4-5(7(11)14-2)6(8-9)10(12)13/h4H,3H2,1-2H3. The van der Waals surface area contributed by atoms with E-state index in [1.807, 2.05) is 0 Å². The van der Waals surface area contributed by atoms with Crippen LogP contribution in [0, 0.1) is 10.1 Å². The highest BCUT2D eigenvalue weighted by Gasteiger charge is 2.26. The van der Waals surface area contributed by atoms with Gasteiger partial charge in [-0.2, -0.15) is 4.68 Å². The molecule has 7 heteroatoms. The SMILES string of the molecule is CCn1cc(C(=O)OC)c([N+](=O)[O-])n1. The van der Waals surface area contributed by atoms with Gasteiger partial charge in [0, 0.05) is 0 Å². The zero-order valence-electron chi connectivity index (χ0n) is 7.76. The van der Waals surface area contributed by atoms with E-state index in [4.69, 9.17) is 0 Å². The number of nitrogens with zero attached hydrogens (tertiary/aromatic N) is 3. The molecule has 7 nitrogen and oxygen atoms in total. The number of nitro groups is 1. The fraction of sp³-hybridized carbons (Fsp3) is 0.429. The van der Waals surface area contributed by atoms with Crippen LogP contribution in [0.4, 0.5) is 5.82 Å². The van der Waals surface area contributed by atoms with Crippen molar-refractivity contribution in [2.24, 2.45) is 0 Å². The molecule has 0 aromatic carbocycles. The van der Waals surface area contributed by atoms with Gasteiger partial charge >= 0.3 is 11.8 Å². The molecule has 0 bridgehead atoms. The molecule has 0 unspecified atom stereocenters. The van der Waals surface area contributed by atoms with Crippen LogP contribution in [0.25, 0.3) is 0 Å². The van der Waals surface area contributed by atoms with Crippen LogP contribution in [0.15, 0.2) is 6.20 Å². The average Bonchev–Trinajstić information content (AvgIpc) is 2.60. The molecule has 0 aliphatic carbocycles. The van der Waals surface area contributed by atoms with E-state index in [-0.39, 0.29) is 5.56 Å². The summed E-state index contributed by atoms with van der Waals surface area (Å²) in [6, 6.07) is 0. The lowest BCUT2D eigenvalue weighted by molar-refractivity contribution is -0.390. The molecule has 0 aliphatic rings. The zero-order chi connectivity index (χ0) is 10.7. The molecule has 1 heterocycles. The van der Waals surface area contributed by atoms with Gasteiger partial charge in [-0.1, -0.05) is 0 Å². The first-order valence-corrected chi connectivity index (χ1v) is 3.90. The van der Waals surface area contributed by atoms with Crippen molar-refractivity contribution in [3.8, 4) is 0 Å². The van der Waals surface area contributed by atoms with Crippen molar-refractivity contribution in [3.05, 3.63) is 21.9 Å². The highest BCUT2D eigenvalue weighted by Crippen LogP contribution is 2.16. The molecule has 0 saturated heterocycles. The van der Waals surface area contributed by atoms with E-state index in [2.05, 4.69) is 9.84 Å². The average molecular weight is 199 g/mol. The summed E-state index contributed by atoms with van der Waals surface area (Å²) < 4.78 is 5.70. The van der Waals surface area contributed by atoms with Gasteiger partial charge in [-0.05, 0) is 11.8 Å². The van der Waals surface area contributed by atoms with Gasteiger partial charge in [-0.3, -0.25) is 0 Å². The molecular formula is C7H9N3O4. The Labute approximate surface area is 79.4 Å². The largest absolute Gasteiger partial charge is 0.465 e. The summed E-state index contributed by atoms with van der Waals surface area (Å²) in [7, 11) is 1.16. The van der Waals surface area contributed by atoms with Gasteiger partial charge in [0.25, 0.3) is 0 Å². The van der Waals surface area contributed by atoms with Gasteiger partial charge in [-0.15, -0.1) is 0 Å². The van der Waals surface area contributed by atoms with Crippen LogP contribution in [0.5, 0.6) is 0 Å². The van der Waals surface area contributed by atoms with Crippen LogP contribution in [-0.2, 0) is 11.3 Å². The fourth-order valence-electron chi connectivity index (χ4n) is 0.962. The number of hydrogen-bond acceptors (Lipinski definition) is 5. The maximum absolute atomic E-state index is 11.1. The maximum Gasteiger partial charge on any atom is 0.404 e. The number of carbonyl (C=O) groups excluding carboxylic acids is 1. The first-order chi connectivity index (χ1) is 6.60. The number of hydrogen-bond donors (Lipinski definition) is 0. The van der Waals surface area contributed by atoms with E-state index in [0.717, 1.165) is 7.11 Å². The third kappa shape index (κ3) is 1.70. The molecule has 0 radical (unpaired) electrons. The monoisotopic (exact) mass is 199 g/mol. The number of carbonyl (C=O) groups is 1. The van der Waals surface area contributed by atoms with Crippen molar-refractivity contribution >= 4 is 11.8 Å². The Bertz CT molecular complexity index is 371. The molecule has 1 rings (SSSR count). The molecule has 1 aromatic rings. The van der Waals surface area contributed by atoms with Gasteiger partial charge in [0.1, 0.15) is 0 Å². The summed E-state index contributed by atoms with van der Waals surface area (Å²) in [4.78, 5) is 20.9. The summed E-state index contributed by atoms with van der Waals surface area (Å²) in [6.45, 7) is 2.22. The van der Waals surface area contributed by atoms with E-state index in [0.29, 0.717) is 6.54 Å². The minimum absolute atomic E-state index is 0.126. The normalized spacial score (nSPS) is 9.86. The molecule has 14 heavy (non-hydrogen) atoms. The summed E-state index contributed by atoms with van der Waals surface area (Å²) in [5, 5.41) is 14.1. The Balaban J connectivity index is 3.18. The van der Waals surface area contributed by atoms with Crippen LogP contribution >= 0.6 is 0 Å². The lowest BCUT2D eigenvalue weighted by atomic mass is 10.3. The van der Waals surface area contributed by atoms with Crippen molar-refractivity contribution in [2.75, 3.05) is 7.11 Å². The number of rotatable bonds is 3. The second-order valence-corrected chi connectivity index (χ2v) is 2.47. The molecule has 0 fully saturated rings. The lowest BCUT2D eigenvalue weighted by Crippen LogP contribution is -2.03. The predicted molar refractivity (Wildman–Crippen MR) is 45.9 cm³/mol. The van der Waals surface area contributed by atoms with Gasteiger partial charge in [-0.25, -0.2) is 4.79 Å². The Kier molecular flexibility index (Phi) is 2.80. The molecule has 0 spiro atoms. The van der Waals surface area contributed by atoms with E-state index in [1.54, 1.807) is 6.92 Å². The van der Waals surface area contributed by atoms with Crippen molar-refractivity contribution in [3.63, 3.8) is 0 Å². The minimum Gasteiger partial charge on any atom is -0.465 e. The van der Waals surface area contributed by atoms with Crippen LogP contribution in [0.1, 0.15) is 17.3 Å². The second kappa shape index (κ2) is 3.86. The van der Waals surface area contributed by atoms with Crippen LogP contribution in [0.2, 0.25) is 0 Å². The highest BCUT2D eigenvalue weighted by atomic mass is 16.6. The van der Waals surface area contributed by atoms with Gasteiger partial charge in [0.15, 0.2) is 5.56 Å². The third-order valence-electron chi connectivity index (χ3n) is 1.64. The smallest absolute Gasteiger partial charge is 0.404 e. The van der Waals surface area contributed by atoms with E-state index in [9.17, 15) is 14.9 Å². The first-order valence-electron chi connectivity index (χ1n) is 3.90. The van der Waals surface area contributed by atoms with Crippen molar-refractivity contribution < 1.29 is 14.5 Å². The zero-order valence-corrected chi connectivity index (χ0v) is 7.76. The molecular weight excluding hydrogens is 190 g/mol. The van der Waals surface area contributed by atoms with Crippen LogP contribution in [0.3, 0.4) is 0 Å². The number of ether oxygens (including phenoxy) is 1. The third-order valence-corrected chi connectivity index (χ3v) is 1.64. The molecule has 0 atom stereocenters. The van der Waals surface area contributed by atoms with Crippen molar-refractivity contribution in [1.82, 2.24) is 9.78 Å². The summed E-state index contributed by atoms with van der Waals surface area (Å²) in [5.74, 6) is -1.23. The Hall–Kier alpha value is -1.92. The fourth-order valence-corrected chi connectivity index (χ4v) is 0.962. The highest BCUT2D eigenvalue weighted by molar-refractivity contribution is 5.92. The van der Waals surface area contributed by atoms with Crippen LogP contribution in [-0.4, -0.2) is 27.8 Å². The summed E-state index contributed by atoms with van der Waals surface area (Å²) in [6.07, 6.45) is 1.30. The molecule has 1 aromatic heterocycles. The number of esters is 1. The summed E-state index contributed by atoms with van der Waals surface area (Å²) >= 11 is 0. The molecule has 0 aliphatic heterocycles. The first kappa shape index (κ1) is 10.2. The quantitative estimate of drug-likeness (QED) is 0.404. The van der Waals surface area contributed by atoms with Crippen molar-refractivity contribution in [1.29, 1.82) is 0 Å². The van der Waals surface area contributed by atoms with Gasteiger partial charge in [0.2, 0.25) is 0 Å². The second-order valence-electron chi connectivity index (χ2n) is 2.47. The van der Waals surface area contributed by atoms with E-state index in [1.165, 1.54) is 10.9 Å². The van der Waals surface area contributed by atoms with E-state index < -0.39 is 16.7 Å². The Morgan fingerprint density at radius 3 is 2.86 bits per heavy atom. The molecule has 76 valence electrons. The van der Waals surface area contributed by atoms with E-state index >= 15 is 0 Å². The topological polar surface area (TPSA) is 87.3 Å². The lowest BCUT2D eigenvalue weighted by Gasteiger charge is -1.93. The number of methoxy groups -OCH3 is 1. The summed E-state index contributed by atoms with van der Waals surface area (Å²) in [5.41, 5.74) is -0.126. The molecule has 0 amide bonds. The Morgan fingerprint density at radius 2 is 2.43 bits per heavy atom. The maximum atomic E-state index is 11.1. The number of aryl methyl sites for hydroxylation is 1. The number of aromatic nitrogens is 2. The minimum atomic E-state index is -0.753.